The summed E-state index contributed by atoms with van der Waals surface area (Å²) >= 11 is 0. The monoisotopic (exact) mass is 286 g/mol. The first-order valence-electron chi connectivity index (χ1n) is 7.11. The predicted molar refractivity (Wildman–Crippen MR) is 70.0 cm³/mol. The van der Waals surface area contributed by atoms with E-state index in [0.29, 0.717) is 25.7 Å². The van der Waals surface area contributed by atoms with E-state index in [4.69, 9.17) is 9.47 Å². The number of ether oxygens (including phenoxy) is 2. The van der Waals surface area contributed by atoms with Crippen LogP contribution >= 0.6 is 0 Å². The molecule has 1 aliphatic rings. The smallest absolute Gasteiger partial charge is 0.352 e. The first kappa shape index (κ1) is 16.5. The molecule has 1 aliphatic heterocycles. The quantitative estimate of drug-likeness (QED) is 0.795. The van der Waals surface area contributed by atoms with Gasteiger partial charge in [0.15, 0.2) is 6.10 Å². The van der Waals surface area contributed by atoms with Gasteiger partial charge in [0, 0.05) is 12.8 Å². The van der Waals surface area contributed by atoms with E-state index in [1.807, 2.05) is 6.92 Å². The first-order valence-corrected chi connectivity index (χ1v) is 7.11. The summed E-state index contributed by atoms with van der Waals surface area (Å²) in [5.74, 6) is -2.24. The summed E-state index contributed by atoms with van der Waals surface area (Å²) in [4.78, 5) is 35.2. The number of carbonyl (C=O) groups is 3. The maximum atomic E-state index is 11.8. The van der Waals surface area contributed by atoms with Gasteiger partial charge in [-0.3, -0.25) is 9.59 Å². The Morgan fingerprint density at radius 1 is 1.25 bits per heavy atom. The Hall–Kier alpha value is -1.59. The van der Waals surface area contributed by atoms with Crippen molar-refractivity contribution in [2.24, 2.45) is 0 Å². The molecule has 0 amide bonds. The molecule has 2 unspecified atom stereocenters. The van der Waals surface area contributed by atoms with Gasteiger partial charge in [0.25, 0.3) is 0 Å². The zero-order chi connectivity index (χ0) is 15.2. The first-order chi connectivity index (χ1) is 9.46. The summed E-state index contributed by atoms with van der Waals surface area (Å²) in [7, 11) is 0. The molecule has 20 heavy (non-hydrogen) atoms. The average Bonchev–Trinajstić information content (AvgIpc) is 2.40. The molecule has 0 aromatic carbocycles. The Bertz CT molecular complexity index is 378. The number of hydrogen-bond acceptors (Lipinski definition) is 5. The number of rotatable bonds is 4. The molecule has 0 aromatic heterocycles. The second-order valence-corrected chi connectivity index (χ2v) is 5.00. The highest BCUT2D eigenvalue weighted by Crippen LogP contribution is 2.29. The minimum absolute atomic E-state index is 0.0615. The molecule has 0 aromatic rings. The Balaban J connectivity index is 3.12. The van der Waals surface area contributed by atoms with Gasteiger partial charge in [0.1, 0.15) is 0 Å². The summed E-state index contributed by atoms with van der Waals surface area (Å²) in [6.07, 6.45) is 1.46. The Morgan fingerprint density at radius 3 is 2.35 bits per heavy atom. The molecule has 114 valence electrons. The zero-order valence-electron chi connectivity index (χ0n) is 12.0. The molecule has 0 saturated carbocycles. The number of hydrogen-bond donors (Lipinski definition) is 1. The fourth-order valence-electron chi connectivity index (χ4n) is 2.36. The van der Waals surface area contributed by atoms with E-state index in [9.17, 15) is 19.5 Å². The fraction of sp³-hybridized carbons (Fsp3) is 0.786. The van der Waals surface area contributed by atoms with Crippen LogP contribution in [-0.4, -0.2) is 34.7 Å². The van der Waals surface area contributed by atoms with Crippen molar-refractivity contribution >= 4 is 17.9 Å². The van der Waals surface area contributed by atoms with Gasteiger partial charge in [-0.05, 0) is 25.7 Å². The maximum Gasteiger partial charge on any atom is 0.352 e. The van der Waals surface area contributed by atoms with E-state index in [-0.39, 0.29) is 19.3 Å². The molecule has 0 bridgehead atoms. The summed E-state index contributed by atoms with van der Waals surface area (Å²) in [6, 6.07) is 0. The van der Waals surface area contributed by atoms with Crippen molar-refractivity contribution in [1.29, 1.82) is 0 Å². The molecular formula is C14H22O6. The summed E-state index contributed by atoms with van der Waals surface area (Å²) < 4.78 is 10.5. The normalized spacial score (nSPS) is 28.4. The second-order valence-electron chi connectivity index (χ2n) is 5.00. The second kappa shape index (κ2) is 7.26. The molecule has 0 aliphatic carbocycles. The third-order valence-corrected chi connectivity index (χ3v) is 3.54. The molecule has 1 N–H and O–H groups in total. The highest BCUT2D eigenvalue weighted by atomic mass is 16.6. The van der Waals surface area contributed by atoms with Crippen molar-refractivity contribution in [1.82, 2.24) is 0 Å². The van der Waals surface area contributed by atoms with Gasteiger partial charge in [-0.1, -0.05) is 20.3 Å². The fourth-order valence-corrected chi connectivity index (χ4v) is 2.36. The van der Waals surface area contributed by atoms with Gasteiger partial charge in [-0.15, -0.1) is 0 Å². The Morgan fingerprint density at radius 2 is 1.85 bits per heavy atom. The molecule has 1 saturated heterocycles. The largest absolute Gasteiger partial charge is 0.478 e. The number of aliphatic carboxylic acids is 1. The number of esters is 2. The highest BCUT2D eigenvalue weighted by molar-refractivity contribution is 5.83. The lowest BCUT2D eigenvalue weighted by atomic mass is 9.89. The molecule has 2 atom stereocenters. The molecule has 0 radical (unpaired) electrons. The maximum absolute atomic E-state index is 11.8. The van der Waals surface area contributed by atoms with E-state index in [1.54, 1.807) is 6.92 Å². The van der Waals surface area contributed by atoms with E-state index in [0.717, 1.165) is 0 Å². The van der Waals surface area contributed by atoms with Gasteiger partial charge in [0.05, 0.1) is 0 Å². The Kier molecular flexibility index (Phi) is 5.98. The van der Waals surface area contributed by atoms with E-state index >= 15 is 0 Å². The molecule has 1 fully saturated rings. The summed E-state index contributed by atoms with van der Waals surface area (Å²) in [6.45, 7) is 3.47. The number of cyclic esters (lactones) is 2. The lowest BCUT2D eigenvalue weighted by Gasteiger charge is -2.35. The lowest BCUT2D eigenvalue weighted by Crippen LogP contribution is -2.54. The summed E-state index contributed by atoms with van der Waals surface area (Å²) in [5, 5.41) is 9.50. The minimum atomic E-state index is -1.78. The van der Waals surface area contributed by atoms with Crippen molar-refractivity contribution in [3.05, 3.63) is 0 Å². The van der Waals surface area contributed by atoms with Crippen LogP contribution in [0.15, 0.2) is 0 Å². The highest BCUT2D eigenvalue weighted by Gasteiger charge is 2.50. The zero-order valence-corrected chi connectivity index (χ0v) is 12.0. The van der Waals surface area contributed by atoms with Crippen LogP contribution in [0.4, 0.5) is 0 Å². The van der Waals surface area contributed by atoms with Gasteiger partial charge in [0.2, 0.25) is 5.60 Å². The van der Waals surface area contributed by atoms with Crippen LogP contribution in [0.1, 0.15) is 58.8 Å². The van der Waals surface area contributed by atoms with Crippen LogP contribution in [0.5, 0.6) is 0 Å². The number of carbonyl (C=O) groups excluding carboxylic acids is 2. The van der Waals surface area contributed by atoms with Crippen molar-refractivity contribution < 1.29 is 29.0 Å². The van der Waals surface area contributed by atoms with Gasteiger partial charge < -0.3 is 14.6 Å². The molecule has 1 rings (SSSR count). The number of carboxylic acids is 1. The van der Waals surface area contributed by atoms with Gasteiger partial charge in [-0.2, -0.15) is 0 Å². The van der Waals surface area contributed by atoms with Crippen LogP contribution in [0.25, 0.3) is 0 Å². The summed E-state index contributed by atoms with van der Waals surface area (Å²) in [5.41, 5.74) is -1.78. The molecule has 6 heteroatoms. The van der Waals surface area contributed by atoms with Crippen LogP contribution < -0.4 is 0 Å². The lowest BCUT2D eigenvalue weighted by molar-refractivity contribution is -0.202. The van der Waals surface area contributed by atoms with E-state index < -0.39 is 29.6 Å². The topological polar surface area (TPSA) is 89.9 Å². The van der Waals surface area contributed by atoms with Crippen molar-refractivity contribution in [3.8, 4) is 0 Å². The third kappa shape index (κ3) is 3.71. The van der Waals surface area contributed by atoms with Crippen LogP contribution in [0.2, 0.25) is 0 Å². The molecule has 1 heterocycles. The van der Waals surface area contributed by atoms with E-state index in [1.165, 1.54) is 0 Å². The predicted octanol–water partition coefficient (Wildman–Crippen LogP) is 2.05. The van der Waals surface area contributed by atoms with Gasteiger partial charge in [-0.25, -0.2) is 4.79 Å². The van der Waals surface area contributed by atoms with Gasteiger partial charge >= 0.3 is 17.9 Å². The minimum Gasteiger partial charge on any atom is -0.478 e. The standard InChI is InChI=1S/C14H22O6/c1-3-7-10-14(4-2,13(17)18)20-12(16)9-6-5-8-11(15)19-10/h10H,3-9H2,1-2H3,(H,17,18). The van der Waals surface area contributed by atoms with E-state index in [2.05, 4.69) is 0 Å². The molecule has 6 nitrogen and oxygen atoms in total. The van der Waals surface area contributed by atoms with Crippen molar-refractivity contribution in [2.45, 2.75) is 70.5 Å². The molecular weight excluding hydrogens is 264 g/mol. The average molecular weight is 286 g/mol. The van der Waals surface area contributed by atoms with Crippen LogP contribution in [0, 0.1) is 0 Å². The molecule has 0 spiro atoms. The number of carboxylic acid groups (broad SMARTS) is 1. The van der Waals surface area contributed by atoms with Crippen LogP contribution in [-0.2, 0) is 23.9 Å². The third-order valence-electron chi connectivity index (χ3n) is 3.54. The Labute approximate surface area is 118 Å². The SMILES string of the molecule is CCCC1OC(=O)CCCCC(=O)OC1(CC)C(=O)O. The van der Waals surface area contributed by atoms with Crippen molar-refractivity contribution in [2.75, 3.05) is 0 Å². The van der Waals surface area contributed by atoms with Crippen molar-refractivity contribution in [3.63, 3.8) is 0 Å². The van der Waals surface area contributed by atoms with Crippen LogP contribution in [0.3, 0.4) is 0 Å².